The molecule has 0 spiro atoms. The van der Waals surface area contributed by atoms with Crippen molar-refractivity contribution < 1.29 is 29.3 Å². The lowest BCUT2D eigenvalue weighted by molar-refractivity contribution is -0.145. The normalized spacial score (nSPS) is 13.1. The van der Waals surface area contributed by atoms with Crippen LogP contribution >= 0.6 is 0 Å². The summed E-state index contributed by atoms with van der Waals surface area (Å²) in [4.78, 5) is 21.9. The molecule has 122 valence electrons. The first-order valence-electron chi connectivity index (χ1n) is 6.93. The van der Waals surface area contributed by atoms with E-state index in [-0.39, 0.29) is 19.1 Å². The third-order valence-electron chi connectivity index (χ3n) is 2.81. The molecular weight excluding hydrogens is 290 g/mol. The number of carbonyl (C=O) groups is 2. The average Bonchev–Trinajstić information content (AvgIpc) is 2.50. The zero-order valence-corrected chi connectivity index (χ0v) is 12.6. The van der Waals surface area contributed by atoms with Crippen LogP contribution in [0.3, 0.4) is 0 Å². The van der Waals surface area contributed by atoms with Gasteiger partial charge in [0.05, 0.1) is 6.61 Å². The number of benzene rings is 1. The van der Waals surface area contributed by atoms with E-state index in [1.54, 1.807) is 31.2 Å². The average molecular weight is 311 g/mol. The second-order valence-corrected chi connectivity index (χ2v) is 4.61. The number of amides is 1. The summed E-state index contributed by atoms with van der Waals surface area (Å²) in [5.74, 6) is -0.299. The Labute approximate surface area is 128 Å². The Morgan fingerprint density at radius 3 is 2.41 bits per heavy atom. The minimum atomic E-state index is -1.13. The number of aliphatic hydroxyl groups excluding tert-OH is 2. The molecule has 0 saturated carbocycles. The van der Waals surface area contributed by atoms with Gasteiger partial charge in [-0.1, -0.05) is 12.1 Å². The van der Waals surface area contributed by atoms with Crippen LogP contribution in [0.15, 0.2) is 24.3 Å². The van der Waals surface area contributed by atoms with E-state index in [9.17, 15) is 19.8 Å². The van der Waals surface area contributed by atoms with Gasteiger partial charge >= 0.3 is 5.97 Å². The topological polar surface area (TPSA) is 105 Å². The Kier molecular flexibility index (Phi) is 7.34. The number of hydrogen-bond donors (Lipinski definition) is 3. The first-order valence-corrected chi connectivity index (χ1v) is 6.93. The summed E-state index contributed by atoms with van der Waals surface area (Å²) in [7, 11) is 0. The largest absolute Gasteiger partial charge is 0.482 e. The van der Waals surface area contributed by atoms with Crippen LogP contribution in [0.5, 0.6) is 5.75 Å². The van der Waals surface area contributed by atoms with Gasteiger partial charge in [0.2, 0.25) is 5.91 Å². The molecule has 1 rings (SSSR count). The smallest absolute Gasteiger partial charge is 0.344 e. The second kappa shape index (κ2) is 9.01. The third kappa shape index (κ3) is 6.11. The van der Waals surface area contributed by atoms with Gasteiger partial charge in [-0.2, -0.15) is 0 Å². The standard InChI is InChI=1S/C15H21NO6/c1-3-21-14(19)9-22-12-6-4-11(5-7-12)15(20)13(18)8-16-10(2)17/h4-7,13,15,18,20H,3,8-9H2,1-2H3,(H,16,17). The van der Waals surface area contributed by atoms with Crippen LogP contribution in [-0.4, -0.2) is 48.0 Å². The minimum Gasteiger partial charge on any atom is -0.482 e. The highest BCUT2D eigenvalue weighted by Crippen LogP contribution is 2.20. The van der Waals surface area contributed by atoms with Gasteiger partial charge in [-0.3, -0.25) is 4.79 Å². The van der Waals surface area contributed by atoms with Crippen LogP contribution in [0.4, 0.5) is 0 Å². The van der Waals surface area contributed by atoms with E-state index >= 15 is 0 Å². The molecule has 22 heavy (non-hydrogen) atoms. The summed E-state index contributed by atoms with van der Waals surface area (Å²) in [6, 6.07) is 6.29. The van der Waals surface area contributed by atoms with Gasteiger partial charge < -0.3 is 25.0 Å². The van der Waals surface area contributed by atoms with Crippen molar-refractivity contribution >= 4 is 11.9 Å². The lowest BCUT2D eigenvalue weighted by Crippen LogP contribution is -2.34. The van der Waals surface area contributed by atoms with Crippen molar-refractivity contribution in [1.82, 2.24) is 5.32 Å². The maximum absolute atomic E-state index is 11.2. The maximum Gasteiger partial charge on any atom is 0.344 e. The first-order chi connectivity index (χ1) is 10.4. The van der Waals surface area contributed by atoms with Gasteiger partial charge in [0, 0.05) is 13.5 Å². The summed E-state index contributed by atoms with van der Waals surface area (Å²) < 4.78 is 9.95. The van der Waals surface area contributed by atoms with Gasteiger partial charge in [0.1, 0.15) is 18.0 Å². The molecule has 0 radical (unpaired) electrons. The first kappa shape index (κ1) is 17.9. The minimum absolute atomic E-state index is 0.0440. The van der Waals surface area contributed by atoms with Crippen molar-refractivity contribution in [2.24, 2.45) is 0 Å². The highest BCUT2D eigenvalue weighted by Gasteiger charge is 2.18. The fourth-order valence-electron chi connectivity index (χ4n) is 1.69. The zero-order valence-electron chi connectivity index (χ0n) is 12.6. The fourth-order valence-corrected chi connectivity index (χ4v) is 1.69. The molecule has 1 aromatic rings. The zero-order chi connectivity index (χ0) is 16.5. The molecule has 7 nitrogen and oxygen atoms in total. The van der Waals surface area contributed by atoms with E-state index in [0.717, 1.165) is 0 Å². The van der Waals surface area contributed by atoms with Crippen LogP contribution < -0.4 is 10.1 Å². The van der Waals surface area contributed by atoms with Crippen LogP contribution in [0.25, 0.3) is 0 Å². The van der Waals surface area contributed by atoms with Gasteiger partial charge in [-0.05, 0) is 24.6 Å². The van der Waals surface area contributed by atoms with Crippen LogP contribution in [0, 0.1) is 0 Å². The number of rotatable bonds is 8. The van der Waals surface area contributed by atoms with E-state index in [1.807, 2.05) is 0 Å². The van der Waals surface area contributed by atoms with Crippen molar-refractivity contribution in [1.29, 1.82) is 0 Å². The molecule has 0 aliphatic heterocycles. The monoisotopic (exact) mass is 311 g/mol. The summed E-state index contributed by atoms with van der Waals surface area (Å²) in [5, 5.41) is 22.2. The van der Waals surface area contributed by atoms with E-state index in [0.29, 0.717) is 17.9 Å². The molecule has 0 fully saturated rings. The molecule has 0 heterocycles. The maximum atomic E-state index is 11.2. The SMILES string of the molecule is CCOC(=O)COc1ccc(C(O)C(O)CNC(C)=O)cc1. The Morgan fingerprint density at radius 2 is 1.86 bits per heavy atom. The molecule has 1 amide bonds. The van der Waals surface area contributed by atoms with Crippen LogP contribution in [-0.2, 0) is 14.3 Å². The van der Waals surface area contributed by atoms with E-state index in [1.165, 1.54) is 6.92 Å². The van der Waals surface area contributed by atoms with Gasteiger partial charge in [0.15, 0.2) is 6.61 Å². The molecule has 0 aliphatic rings. The molecule has 3 N–H and O–H groups in total. The molecule has 7 heteroatoms. The Balaban J connectivity index is 2.52. The number of aliphatic hydroxyl groups is 2. The number of nitrogens with one attached hydrogen (secondary N) is 1. The molecule has 0 bridgehead atoms. The van der Waals surface area contributed by atoms with E-state index < -0.39 is 18.2 Å². The third-order valence-corrected chi connectivity index (χ3v) is 2.81. The molecule has 1 aromatic carbocycles. The molecule has 2 atom stereocenters. The molecule has 0 saturated heterocycles. The molecular formula is C15H21NO6. The lowest BCUT2D eigenvalue weighted by atomic mass is 10.0. The van der Waals surface area contributed by atoms with Gasteiger partial charge in [-0.15, -0.1) is 0 Å². The number of carbonyl (C=O) groups excluding carboxylic acids is 2. The molecule has 0 aromatic heterocycles. The predicted octanol–water partition coefficient (Wildman–Crippen LogP) is 0.159. The summed E-state index contributed by atoms with van der Waals surface area (Å²) in [6.45, 7) is 3.09. The second-order valence-electron chi connectivity index (χ2n) is 4.61. The van der Waals surface area contributed by atoms with Crippen molar-refractivity contribution in [3.05, 3.63) is 29.8 Å². The van der Waals surface area contributed by atoms with Crippen LogP contribution in [0.2, 0.25) is 0 Å². The molecule has 0 aliphatic carbocycles. The Morgan fingerprint density at radius 1 is 1.23 bits per heavy atom. The fraction of sp³-hybridized carbons (Fsp3) is 0.467. The molecule has 2 unspecified atom stereocenters. The summed E-state index contributed by atoms with van der Waals surface area (Å²) in [5.41, 5.74) is 0.473. The Hall–Kier alpha value is -2.12. The van der Waals surface area contributed by atoms with Gasteiger partial charge in [0.25, 0.3) is 0 Å². The summed E-state index contributed by atoms with van der Waals surface area (Å²) in [6.07, 6.45) is -2.25. The van der Waals surface area contributed by atoms with Crippen LogP contribution in [0.1, 0.15) is 25.5 Å². The van der Waals surface area contributed by atoms with Gasteiger partial charge in [-0.25, -0.2) is 4.79 Å². The number of ether oxygens (including phenoxy) is 2. The quantitative estimate of drug-likeness (QED) is 0.591. The van der Waals surface area contributed by atoms with Crippen molar-refractivity contribution in [2.45, 2.75) is 26.1 Å². The van der Waals surface area contributed by atoms with E-state index in [2.05, 4.69) is 5.32 Å². The highest BCUT2D eigenvalue weighted by atomic mass is 16.6. The van der Waals surface area contributed by atoms with Crippen molar-refractivity contribution in [2.75, 3.05) is 19.8 Å². The number of esters is 1. The number of hydrogen-bond acceptors (Lipinski definition) is 6. The lowest BCUT2D eigenvalue weighted by Gasteiger charge is -2.18. The van der Waals surface area contributed by atoms with Crippen molar-refractivity contribution in [3.63, 3.8) is 0 Å². The predicted molar refractivity (Wildman–Crippen MR) is 78.2 cm³/mol. The van der Waals surface area contributed by atoms with E-state index in [4.69, 9.17) is 9.47 Å². The highest BCUT2D eigenvalue weighted by molar-refractivity contribution is 5.72. The summed E-state index contributed by atoms with van der Waals surface area (Å²) >= 11 is 0. The Bertz CT molecular complexity index is 487. The van der Waals surface area contributed by atoms with Crippen molar-refractivity contribution in [3.8, 4) is 5.75 Å².